The Morgan fingerprint density at radius 3 is 2.11 bits per heavy atom. The van der Waals surface area contributed by atoms with Crippen molar-refractivity contribution in [3.8, 4) is 11.3 Å². The van der Waals surface area contributed by atoms with Gasteiger partial charge in [0.1, 0.15) is 17.2 Å². The molecule has 6 rings (SSSR count). The molecule has 2 aromatic heterocycles. The van der Waals surface area contributed by atoms with Gasteiger partial charge in [0, 0.05) is 53.5 Å². The largest absolute Gasteiger partial charge is 0.512 e. The van der Waals surface area contributed by atoms with Gasteiger partial charge in [0.2, 0.25) is 0 Å². The summed E-state index contributed by atoms with van der Waals surface area (Å²) >= 11 is 0. The van der Waals surface area contributed by atoms with Crippen LogP contribution in [0.5, 0.6) is 0 Å². The third kappa shape index (κ3) is 6.52. The minimum absolute atomic E-state index is 0. The topological polar surface area (TPSA) is 76.2 Å². The Morgan fingerprint density at radius 2 is 1.43 bits per heavy atom. The monoisotopic (exact) mass is 792 g/mol. The molecule has 0 aliphatic heterocycles. The van der Waals surface area contributed by atoms with E-state index in [1.54, 1.807) is 0 Å². The number of fused-ring (bicyclic) bond motifs is 6. The molecule has 0 aliphatic rings. The van der Waals surface area contributed by atoms with Crippen LogP contribution < -0.4 is 0 Å². The maximum atomic E-state index is 12.2. The van der Waals surface area contributed by atoms with E-state index in [0.29, 0.717) is 0 Å². The van der Waals surface area contributed by atoms with Crippen LogP contribution in [0.2, 0.25) is 0 Å². The van der Waals surface area contributed by atoms with Crippen molar-refractivity contribution in [3.05, 3.63) is 96.5 Å². The van der Waals surface area contributed by atoms with Crippen LogP contribution in [0.3, 0.4) is 0 Å². The van der Waals surface area contributed by atoms with E-state index in [2.05, 4.69) is 42.5 Å². The van der Waals surface area contributed by atoms with Gasteiger partial charge in [-0.3, -0.25) is 9.78 Å². The summed E-state index contributed by atoms with van der Waals surface area (Å²) in [6.45, 7) is 14.0. The first-order chi connectivity index (χ1) is 21.6. The van der Waals surface area contributed by atoms with Crippen LogP contribution in [0.1, 0.15) is 73.1 Å². The van der Waals surface area contributed by atoms with Gasteiger partial charge in [-0.15, -0.1) is 18.2 Å². The number of carbonyl (C=O) groups is 1. The normalized spacial score (nSPS) is 12.3. The van der Waals surface area contributed by atoms with Gasteiger partial charge in [-0.2, -0.15) is 0 Å². The average molecular weight is 792 g/mol. The number of hydrogen-bond acceptors (Lipinski definition) is 5. The van der Waals surface area contributed by atoms with Gasteiger partial charge in [0.15, 0.2) is 5.78 Å². The molecular formula is C40H43IrN2O3-. The number of ketones is 1. The standard InChI is InChI=1S/C25H15N2O.C15H28O2.Ir/c1-15-26-23-17-8-3-2-7-16(17)13-14-20(23)24(27-15)21-11-6-10-19-18-9-4-5-12-22(18)28-25(19)21;1-7-14(5,8-2)12(16)11-13(17)15(6,9-3)10-4;/h2-10,12-14H,1H3;11,16H,7-10H2,1-6H3;/q-1;;/b;12-11-;. The molecule has 1 N–H and O–H groups in total. The number of hydrogen-bond donors (Lipinski definition) is 1. The van der Waals surface area contributed by atoms with Crippen molar-refractivity contribution < 1.29 is 34.4 Å². The molecule has 0 saturated carbocycles. The van der Waals surface area contributed by atoms with Gasteiger partial charge >= 0.3 is 0 Å². The molecule has 0 bridgehead atoms. The molecule has 0 unspecified atom stereocenters. The van der Waals surface area contributed by atoms with E-state index >= 15 is 0 Å². The molecule has 0 atom stereocenters. The van der Waals surface area contributed by atoms with Gasteiger partial charge in [-0.1, -0.05) is 107 Å². The smallest absolute Gasteiger partial charge is 0.164 e. The fourth-order valence-electron chi connectivity index (χ4n) is 5.72. The van der Waals surface area contributed by atoms with Crippen molar-refractivity contribution in [1.82, 2.24) is 9.97 Å². The van der Waals surface area contributed by atoms with Gasteiger partial charge in [-0.05, 0) is 49.4 Å². The number of aliphatic hydroxyl groups is 1. The quantitative estimate of drug-likeness (QED) is 0.0719. The van der Waals surface area contributed by atoms with Crippen LogP contribution in [0.15, 0.2) is 89.0 Å². The predicted molar refractivity (Wildman–Crippen MR) is 186 cm³/mol. The average Bonchev–Trinajstić information content (AvgIpc) is 3.46. The zero-order valence-electron chi connectivity index (χ0n) is 27.8. The van der Waals surface area contributed by atoms with Crippen molar-refractivity contribution >= 4 is 49.4 Å². The maximum Gasteiger partial charge on any atom is 0.164 e. The molecule has 0 amide bonds. The summed E-state index contributed by atoms with van der Waals surface area (Å²) in [5.41, 5.74) is 3.78. The Bertz CT molecular complexity index is 2030. The second-order valence-corrected chi connectivity index (χ2v) is 12.4. The van der Waals surface area contributed by atoms with Crippen LogP contribution in [-0.2, 0) is 24.9 Å². The number of aromatic nitrogens is 2. The second-order valence-electron chi connectivity index (χ2n) is 12.4. The molecule has 6 aromatic rings. The number of rotatable bonds is 8. The third-order valence-electron chi connectivity index (χ3n) is 9.88. The van der Waals surface area contributed by atoms with Crippen LogP contribution >= 0.6 is 0 Å². The molecule has 0 spiro atoms. The van der Waals surface area contributed by atoms with Crippen molar-refractivity contribution in [2.75, 3.05) is 0 Å². The molecule has 2 heterocycles. The van der Waals surface area contributed by atoms with E-state index < -0.39 is 0 Å². The molecule has 1 radical (unpaired) electrons. The number of aryl methyl sites for hydroxylation is 1. The van der Waals surface area contributed by atoms with E-state index in [-0.39, 0.29) is 42.5 Å². The van der Waals surface area contributed by atoms with Gasteiger partial charge in [0.05, 0.1) is 11.1 Å². The fourth-order valence-corrected chi connectivity index (χ4v) is 5.72. The Labute approximate surface area is 285 Å². The zero-order chi connectivity index (χ0) is 32.4. The Morgan fingerprint density at radius 1 is 0.804 bits per heavy atom. The minimum atomic E-state index is -0.337. The molecule has 5 nitrogen and oxygen atoms in total. The summed E-state index contributed by atoms with van der Waals surface area (Å²) in [6.07, 6.45) is 4.75. The van der Waals surface area contributed by atoms with Crippen LogP contribution in [-0.4, -0.2) is 20.9 Å². The number of aliphatic hydroxyl groups excluding tert-OH is 1. The molecule has 241 valence electrons. The van der Waals surface area contributed by atoms with E-state index in [9.17, 15) is 9.90 Å². The van der Waals surface area contributed by atoms with Crippen LogP contribution in [0, 0.1) is 23.8 Å². The second kappa shape index (κ2) is 14.3. The van der Waals surface area contributed by atoms with Crippen molar-refractivity contribution in [2.24, 2.45) is 10.8 Å². The van der Waals surface area contributed by atoms with Crippen molar-refractivity contribution in [3.63, 3.8) is 0 Å². The number of furan rings is 1. The molecule has 0 aliphatic carbocycles. The first kappa shape index (κ1) is 35.0. The van der Waals surface area contributed by atoms with E-state index in [1.165, 1.54) is 11.5 Å². The summed E-state index contributed by atoms with van der Waals surface area (Å²) in [6, 6.07) is 28.0. The first-order valence-electron chi connectivity index (χ1n) is 16.0. The van der Waals surface area contributed by atoms with Gasteiger partial charge in [-0.25, -0.2) is 4.98 Å². The zero-order valence-corrected chi connectivity index (χ0v) is 30.2. The summed E-state index contributed by atoms with van der Waals surface area (Å²) in [4.78, 5) is 21.7. The molecule has 46 heavy (non-hydrogen) atoms. The SMILES string of the molecule is CCC(C)(CC)C(=O)/C=C(\O)C(C)(CC)CC.Cc1nc(-c2[c-]ccc3c2oc2ccccc23)c2ccc3ccccc3c2n1.[Ir]. The Balaban J connectivity index is 0.000000234. The minimum Gasteiger partial charge on any atom is -0.512 e. The number of carbonyl (C=O) groups excluding carboxylic acids is 1. The van der Waals surface area contributed by atoms with Crippen LogP contribution in [0.25, 0.3) is 54.9 Å². The van der Waals surface area contributed by atoms with Crippen molar-refractivity contribution in [1.29, 1.82) is 0 Å². The third-order valence-corrected chi connectivity index (χ3v) is 9.88. The van der Waals surface area contributed by atoms with Gasteiger partial charge < -0.3 is 9.52 Å². The fraction of sp³-hybridized carbons (Fsp3) is 0.325. The summed E-state index contributed by atoms with van der Waals surface area (Å²) < 4.78 is 6.22. The first-order valence-corrected chi connectivity index (χ1v) is 16.0. The molecule has 0 fully saturated rings. The molecular weight excluding hydrogens is 749 g/mol. The number of allylic oxidation sites excluding steroid dienone is 2. The predicted octanol–water partition coefficient (Wildman–Crippen LogP) is 11.1. The van der Waals surface area contributed by atoms with Crippen molar-refractivity contribution in [2.45, 2.75) is 74.1 Å². The maximum absolute atomic E-state index is 12.2. The van der Waals surface area contributed by atoms with E-state index in [4.69, 9.17) is 14.4 Å². The number of benzene rings is 4. The van der Waals surface area contributed by atoms with Crippen LogP contribution in [0.4, 0.5) is 0 Å². The molecule has 6 heteroatoms. The number of para-hydroxylation sites is 1. The summed E-state index contributed by atoms with van der Waals surface area (Å²) in [5.74, 6) is 1.02. The van der Waals surface area contributed by atoms with Gasteiger partial charge in [0.25, 0.3) is 0 Å². The Kier molecular flexibility index (Phi) is 10.9. The Hall–Kier alpha value is -3.86. The molecule has 4 aromatic carbocycles. The van der Waals surface area contributed by atoms with E-state index in [0.717, 1.165) is 81.0 Å². The summed E-state index contributed by atoms with van der Waals surface area (Å²) in [5, 5.41) is 15.6. The molecule has 0 saturated heterocycles. The van der Waals surface area contributed by atoms with E-state index in [1.807, 2.05) is 84.9 Å². The summed E-state index contributed by atoms with van der Waals surface area (Å²) in [7, 11) is 0. The number of nitrogens with zero attached hydrogens (tertiary/aromatic N) is 2.